The number of halogens is 1. The maximum atomic E-state index is 4.83. The lowest BCUT2D eigenvalue weighted by Gasteiger charge is -2.36. The number of H-pyrrole nitrogens is 1. The summed E-state index contributed by atoms with van der Waals surface area (Å²) in [5, 5.41) is 0. The third kappa shape index (κ3) is 5.13. The van der Waals surface area contributed by atoms with Crippen LogP contribution in [-0.2, 0) is 13.0 Å². The quantitative estimate of drug-likeness (QED) is 0.305. The number of nitrogens with zero attached hydrogens (tertiary/aromatic N) is 2. The van der Waals surface area contributed by atoms with E-state index in [0.29, 0.717) is 11.8 Å². The number of hydrogen-bond acceptors (Lipinski definition) is 2. The fraction of sp³-hybridized carbons (Fsp3) is 0.321. The van der Waals surface area contributed by atoms with Gasteiger partial charge in [-0.2, -0.15) is 0 Å². The third-order valence-electron chi connectivity index (χ3n) is 6.88. The zero-order chi connectivity index (χ0) is 21.8. The zero-order valence-corrected chi connectivity index (χ0v) is 20.0. The summed E-state index contributed by atoms with van der Waals surface area (Å²) in [4.78, 5) is 11.0. The van der Waals surface area contributed by atoms with Crippen molar-refractivity contribution < 1.29 is 0 Å². The SMILES string of the molecule is Brc1ccc(C(CCc2nc3ccccc3[nH]2)C2CCN(Cc3ccccc3)CC2)cc1. The summed E-state index contributed by atoms with van der Waals surface area (Å²) in [7, 11) is 0. The van der Waals surface area contributed by atoms with Crippen molar-refractivity contribution in [3.05, 3.63) is 100 Å². The lowest BCUT2D eigenvalue weighted by atomic mass is 9.77. The second-order valence-electron chi connectivity index (χ2n) is 9.00. The molecule has 1 fully saturated rings. The van der Waals surface area contributed by atoms with E-state index in [-0.39, 0.29) is 0 Å². The molecule has 1 aliphatic heterocycles. The van der Waals surface area contributed by atoms with Gasteiger partial charge in [-0.05, 0) is 79.6 Å². The van der Waals surface area contributed by atoms with E-state index in [9.17, 15) is 0 Å². The molecule has 0 bridgehead atoms. The number of para-hydroxylation sites is 2. The number of aromatic amines is 1. The van der Waals surface area contributed by atoms with Gasteiger partial charge in [0.2, 0.25) is 0 Å². The molecule has 1 aromatic heterocycles. The van der Waals surface area contributed by atoms with Crippen molar-refractivity contribution in [2.24, 2.45) is 5.92 Å². The molecule has 2 heterocycles. The highest BCUT2D eigenvalue weighted by Gasteiger charge is 2.28. The molecule has 1 saturated heterocycles. The van der Waals surface area contributed by atoms with E-state index in [2.05, 4.69) is 105 Å². The Kier molecular flexibility index (Phi) is 6.70. The van der Waals surface area contributed by atoms with Crippen LogP contribution in [-0.4, -0.2) is 28.0 Å². The van der Waals surface area contributed by atoms with Crippen LogP contribution in [0, 0.1) is 5.92 Å². The second kappa shape index (κ2) is 10.0. The Balaban J connectivity index is 1.27. The molecule has 164 valence electrons. The van der Waals surface area contributed by atoms with Crippen LogP contribution < -0.4 is 0 Å². The van der Waals surface area contributed by atoms with Crippen molar-refractivity contribution >= 4 is 27.0 Å². The van der Waals surface area contributed by atoms with E-state index in [1.165, 1.54) is 37.1 Å². The lowest BCUT2D eigenvalue weighted by Crippen LogP contribution is -2.35. The van der Waals surface area contributed by atoms with Gasteiger partial charge in [0, 0.05) is 17.4 Å². The van der Waals surface area contributed by atoms with Crippen LogP contribution in [0.1, 0.15) is 42.1 Å². The summed E-state index contributed by atoms with van der Waals surface area (Å²) in [5.74, 6) is 2.39. The smallest absolute Gasteiger partial charge is 0.107 e. The Labute approximate surface area is 199 Å². The topological polar surface area (TPSA) is 31.9 Å². The average Bonchev–Trinajstić information content (AvgIpc) is 3.25. The minimum atomic E-state index is 0.565. The molecule has 1 aliphatic rings. The molecule has 0 spiro atoms. The van der Waals surface area contributed by atoms with Gasteiger partial charge in [-0.15, -0.1) is 0 Å². The summed E-state index contributed by atoms with van der Waals surface area (Å²) < 4.78 is 1.15. The molecule has 3 aromatic carbocycles. The van der Waals surface area contributed by atoms with Crippen molar-refractivity contribution in [2.75, 3.05) is 13.1 Å². The first kappa shape index (κ1) is 21.4. The summed E-state index contributed by atoms with van der Waals surface area (Å²) in [6, 6.07) is 28.2. The minimum absolute atomic E-state index is 0.565. The maximum Gasteiger partial charge on any atom is 0.107 e. The predicted molar refractivity (Wildman–Crippen MR) is 136 cm³/mol. The number of benzene rings is 3. The number of rotatable bonds is 7. The van der Waals surface area contributed by atoms with Crippen molar-refractivity contribution in [1.29, 1.82) is 0 Å². The Morgan fingerprint density at radius 3 is 2.38 bits per heavy atom. The van der Waals surface area contributed by atoms with Crippen molar-refractivity contribution in [1.82, 2.24) is 14.9 Å². The molecule has 0 amide bonds. The Morgan fingerprint density at radius 2 is 1.62 bits per heavy atom. The standard InChI is InChI=1S/C28H30BrN3/c29-24-12-10-22(11-13-24)25(14-15-28-30-26-8-4-5-9-27(26)31-28)23-16-18-32(19-17-23)20-21-6-2-1-3-7-21/h1-13,23,25H,14-20H2,(H,30,31). The fourth-order valence-electron chi connectivity index (χ4n) is 5.16. The van der Waals surface area contributed by atoms with Gasteiger partial charge in [-0.1, -0.05) is 70.5 Å². The number of aromatic nitrogens is 2. The van der Waals surface area contributed by atoms with Crippen LogP contribution in [0.2, 0.25) is 0 Å². The highest BCUT2D eigenvalue weighted by atomic mass is 79.9. The number of aryl methyl sites for hydroxylation is 1. The number of piperidine rings is 1. The van der Waals surface area contributed by atoms with E-state index in [1.807, 2.05) is 0 Å². The molecular weight excluding hydrogens is 458 g/mol. The van der Waals surface area contributed by atoms with Crippen molar-refractivity contribution in [3.8, 4) is 0 Å². The number of imidazole rings is 1. The molecule has 0 saturated carbocycles. The molecule has 3 nitrogen and oxygen atoms in total. The highest BCUT2D eigenvalue weighted by Crippen LogP contribution is 2.37. The summed E-state index contributed by atoms with van der Waals surface area (Å²) in [5.41, 5.74) is 5.08. The molecule has 4 aromatic rings. The van der Waals surface area contributed by atoms with Gasteiger partial charge in [-0.3, -0.25) is 4.90 Å². The number of fused-ring (bicyclic) bond motifs is 1. The first-order valence-corrected chi connectivity index (χ1v) is 12.5. The fourth-order valence-corrected chi connectivity index (χ4v) is 5.42. The van der Waals surface area contributed by atoms with E-state index in [4.69, 9.17) is 4.98 Å². The van der Waals surface area contributed by atoms with E-state index in [1.54, 1.807) is 0 Å². The largest absolute Gasteiger partial charge is 0.342 e. The molecule has 1 N–H and O–H groups in total. The van der Waals surface area contributed by atoms with Gasteiger partial charge >= 0.3 is 0 Å². The third-order valence-corrected chi connectivity index (χ3v) is 7.41. The molecule has 1 atom stereocenters. The van der Waals surface area contributed by atoms with Gasteiger partial charge in [0.25, 0.3) is 0 Å². The van der Waals surface area contributed by atoms with Gasteiger partial charge in [0.1, 0.15) is 5.82 Å². The molecular formula is C28H30BrN3. The van der Waals surface area contributed by atoms with Gasteiger partial charge in [0.15, 0.2) is 0 Å². The number of hydrogen-bond donors (Lipinski definition) is 1. The Hall–Kier alpha value is -2.43. The molecule has 4 heteroatoms. The Morgan fingerprint density at radius 1 is 0.906 bits per heavy atom. The average molecular weight is 488 g/mol. The van der Waals surface area contributed by atoms with Crippen LogP contribution >= 0.6 is 15.9 Å². The van der Waals surface area contributed by atoms with Crippen LogP contribution in [0.4, 0.5) is 0 Å². The monoisotopic (exact) mass is 487 g/mol. The number of nitrogens with one attached hydrogen (secondary N) is 1. The lowest BCUT2D eigenvalue weighted by molar-refractivity contribution is 0.159. The first-order valence-electron chi connectivity index (χ1n) is 11.7. The van der Waals surface area contributed by atoms with Gasteiger partial charge < -0.3 is 4.98 Å². The minimum Gasteiger partial charge on any atom is -0.342 e. The molecule has 0 radical (unpaired) electrons. The van der Waals surface area contributed by atoms with Crippen LogP contribution in [0.3, 0.4) is 0 Å². The first-order chi connectivity index (χ1) is 15.7. The maximum absolute atomic E-state index is 4.83. The molecule has 0 aliphatic carbocycles. The van der Waals surface area contributed by atoms with Crippen molar-refractivity contribution in [3.63, 3.8) is 0 Å². The molecule has 32 heavy (non-hydrogen) atoms. The second-order valence-corrected chi connectivity index (χ2v) is 9.91. The van der Waals surface area contributed by atoms with Crippen LogP contribution in [0.5, 0.6) is 0 Å². The summed E-state index contributed by atoms with van der Waals surface area (Å²) in [6.45, 7) is 3.42. The van der Waals surface area contributed by atoms with Gasteiger partial charge in [-0.25, -0.2) is 4.98 Å². The zero-order valence-electron chi connectivity index (χ0n) is 18.4. The highest BCUT2D eigenvalue weighted by molar-refractivity contribution is 9.10. The van der Waals surface area contributed by atoms with E-state index < -0.39 is 0 Å². The molecule has 5 rings (SSSR count). The summed E-state index contributed by atoms with van der Waals surface area (Å²) >= 11 is 3.60. The molecule has 1 unspecified atom stereocenters. The predicted octanol–water partition coefficient (Wildman–Crippen LogP) is 6.95. The summed E-state index contributed by atoms with van der Waals surface area (Å²) in [6.07, 6.45) is 4.63. The van der Waals surface area contributed by atoms with E-state index >= 15 is 0 Å². The van der Waals surface area contributed by atoms with Crippen LogP contribution in [0.15, 0.2) is 83.3 Å². The Bertz CT molecular complexity index is 1100. The normalized spacial score (nSPS) is 16.4. The van der Waals surface area contributed by atoms with E-state index in [0.717, 1.165) is 40.7 Å². The van der Waals surface area contributed by atoms with Crippen LogP contribution in [0.25, 0.3) is 11.0 Å². The van der Waals surface area contributed by atoms with Gasteiger partial charge in [0.05, 0.1) is 11.0 Å². The number of likely N-dealkylation sites (tertiary alicyclic amines) is 1. The van der Waals surface area contributed by atoms with Crippen molar-refractivity contribution in [2.45, 2.75) is 38.1 Å².